The molecular weight excluding hydrogens is 467 g/mol. The minimum absolute atomic E-state index is 0. The molecule has 0 aromatic carbocycles. The number of guanidine groups is 1. The Morgan fingerprint density at radius 1 is 1.11 bits per heavy atom. The van der Waals surface area contributed by atoms with Gasteiger partial charge in [-0.1, -0.05) is 13.3 Å². The van der Waals surface area contributed by atoms with Crippen molar-refractivity contribution in [2.45, 2.75) is 109 Å². The first-order chi connectivity index (χ1) is 12.8. The summed E-state index contributed by atoms with van der Waals surface area (Å²) in [6.07, 6.45) is 7.79. The summed E-state index contributed by atoms with van der Waals surface area (Å²) in [5, 5.41) is 7.28. The number of halogens is 1. The molecule has 28 heavy (non-hydrogen) atoms. The Morgan fingerprint density at radius 3 is 2.29 bits per heavy atom. The third-order valence-electron chi connectivity index (χ3n) is 5.90. The van der Waals surface area contributed by atoms with Gasteiger partial charge in [0.25, 0.3) is 0 Å². The monoisotopic (exact) mass is 506 g/mol. The fourth-order valence-electron chi connectivity index (χ4n) is 4.68. The molecule has 0 radical (unpaired) electrons. The summed E-state index contributed by atoms with van der Waals surface area (Å²) in [4.78, 5) is 19.3. The van der Waals surface area contributed by atoms with Crippen molar-refractivity contribution in [3.8, 4) is 0 Å². The van der Waals surface area contributed by atoms with Gasteiger partial charge in [0.1, 0.15) is 5.60 Å². The van der Waals surface area contributed by atoms with Gasteiger partial charge in [-0.3, -0.25) is 4.99 Å². The highest BCUT2D eigenvalue weighted by molar-refractivity contribution is 14.0. The van der Waals surface area contributed by atoms with Crippen molar-refractivity contribution in [3.05, 3.63) is 0 Å². The zero-order chi connectivity index (χ0) is 19.6. The van der Waals surface area contributed by atoms with Crippen LogP contribution in [0.5, 0.6) is 0 Å². The van der Waals surface area contributed by atoms with Gasteiger partial charge in [-0.25, -0.2) is 4.79 Å². The Kier molecular flexibility index (Phi) is 8.28. The predicted octanol–water partition coefficient (Wildman–Crippen LogP) is 4.28. The van der Waals surface area contributed by atoms with Crippen molar-refractivity contribution < 1.29 is 9.53 Å². The largest absolute Gasteiger partial charge is 0.444 e. The summed E-state index contributed by atoms with van der Waals surface area (Å²) in [6.45, 7) is 10.9. The number of carbonyl (C=O) groups is 1. The molecule has 0 spiro atoms. The Bertz CT molecular complexity index is 549. The van der Waals surface area contributed by atoms with E-state index < -0.39 is 5.60 Å². The van der Waals surface area contributed by atoms with Crippen LogP contribution in [0.2, 0.25) is 0 Å². The summed E-state index contributed by atoms with van der Waals surface area (Å²) in [6, 6.07) is 1.53. The maximum Gasteiger partial charge on any atom is 0.410 e. The highest BCUT2D eigenvalue weighted by Crippen LogP contribution is 2.37. The van der Waals surface area contributed by atoms with Crippen molar-refractivity contribution in [3.63, 3.8) is 0 Å². The van der Waals surface area contributed by atoms with Crippen LogP contribution in [0.25, 0.3) is 0 Å². The van der Waals surface area contributed by atoms with Crippen molar-refractivity contribution in [1.29, 1.82) is 0 Å². The molecule has 2 aliphatic heterocycles. The van der Waals surface area contributed by atoms with Crippen LogP contribution in [-0.4, -0.2) is 53.3 Å². The average Bonchev–Trinajstić information content (AvgIpc) is 3.21. The van der Waals surface area contributed by atoms with E-state index in [2.05, 4.69) is 29.5 Å². The lowest BCUT2D eigenvalue weighted by molar-refractivity contribution is 0.00545. The number of hydrogen-bond acceptors (Lipinski definition) is 3. The second kappa shape index (κ2) is 9.85. The Labute approximate surface area is 187 Å². The fraction of sp³-hybridized carbons (Fsp3) is 0.905. The van der Waals surface area contributed by atoms with Gasteiger partial charge in [-0.2, -0.15) is 0 Å². The molecule has 2 N–H and O–H groups in total. The van der Waals surface area contributed by atoms with Gasteiger partial charge in [-0.15, -0.1) is 24.0 Å². The van der Waals surface area contributed by atoms with E-state index in [4.69, 9.17) is 4.74 Å². The molecule has 1 amide bonds. The minimum atomic E-state index is -0.435. The summed E-state index contributed by atoms with van der Waals surface area (Å²) >= 11 is 0. The molecule has 3 aliphatic rings. The van der Waals surface area contributed by atoms with Crippen LogP contribution < -0.4 is 10.6 Å². The van der Waals surface area contributed by atoms with Crippen LogP contribution in [0.4, 0.5) is 4.79 Å². The van der Waals surface area contributed by atoms with Crippen molar-refractivity contribution >= 4 is 36.0 Å². The summed E-state index contributed by atoms with van der Waals surface area (Å²) in [5.74, 6) is 1.76. The molecule has 7 heteroatoms. The van der Waals surface area contributed by atoms with E-state index in [-0.39, 0.29) is 42.2 Å². The zero-order valence-corrected chi connectivity index (χ0v) is 20.5. The summed E-state index contributed by atoms with van der Waals surface area (Å²) in [5.41, 5.74) is -0.435. The Hall–Kier alpha value is -0.730. The van der Waals surface area contributed by atoms with Gasteiger partial charge >= 0.3 is 6.09 Å². The van der Waals surface area contributed by atoms with E-state index in [1.165, 1.54) is 19.3 Å². The molecule has 1 saturated carbocycles. The number of rotatable bonds is 5. The predicted molar refractivity (Wildman–Crippen MR) is 124 cm³/mol. The van der Waals surface area contributed by atoms with E-state index in [0.29, 0.717) is 12.1 Å². The Morgan fingerprint density at radius 2 is 1.75 bits per heavy atom. The molecule has 162 valence electrons. The Balaban J connectivity index is 0.00000280. The molecule has 3 rings (SSSR count). The van der Waals surface area contributed by atoms with Gasteiger partial charge in [0.05, 0.1) is 0 Å². The molecule has 0 aromatic rings. The van der Waals surface area contributed by atoms with Gasteiger partial charge in [-0.05, 0) is 72.1 Å². The SMILES string of the molecule is CCCC1CC1NC(=NCC)NC1CC2CCC(C1)N2C(=O)OC(C)(C)C.I. The van der Waals surface area contributed by atoms with Crippen molar-refractivity contribution in [1.82, 2.24) is 15.5 Å². The van der Waals surface area contributed by atoms with Gasteiger partial charge in [0.2, 0.25) is 0 Å². The highest BCUT2D eigenvalue weighted by Gasteiger charge is 2.45. The van der Waals surface area contributed by atoms with Crippen LogP contribution in [0.1, 0.15) is 79.6 Å². The highest BCUT2D eigenvalue weighted by atomic mass is 127. The van der Waals surface area contributed by atoms with E-state index in [1.807, 2.05) is 25.7 Å². The smallest absolute Gasteiger partial charge is 0.410 e. The quantitative estimate of drug-likeness (QED) is 0.332. The number of aliphatic imine (C=N–C) groups is 1. The number of ether oxygens (including phenoxy) is 1. The van der Waals surface area contributed by atoms with E-state index in [0.717, 1.165) is 44.1 Å². The number of carbonyl (C=O) groups excluding carboxylic acids is 1. The number of nitrogens with zero attached hydrogens (tertiary/aromatic N) is 2. The van der Waals surface area contributed by atoms with E-state index in [9.17, 15) is 4.79 Å². The lowest BCUT2D eigenvalue weighted by Gasteiger charge is -2.40. The number of amides is 1. The molecule has 4 atom stereocenters. The van der Waals surface area contributed by atoms with Crippen LogP contribution in [0.3, 0.4) is 0 Å². The first-order valence-electron chi connectivity index (χ1n) is 10.9. The molecule has 1 aliphatic carbocycles. The third kappa shape index (κ3) is 6.13. The van der Waals surface area contributed by atoms with Crippen LogP contribution in [0, 0.1) is 5.92 Å². The van der Waals surface area contributed by atoms with Gasteiger partial charge < -0.3 is 20.3 Å². The lowest BCUT2D eigenvalue weighted by atomic mass is 9.98. The third-order valence-corrected chi connectivity index (χ3v) is 5.90. The average molecular weight is 506 g/mol. The first-order valence-corrected chi connectivity index (χ1v) is 10.9. The second-order valence-electron chi connectivity index (χ2n) is 9.44. The van der Waals surface area contributed by atoms with Crippen LogP contribution in [-0.2, 0) is 4.74 Å². The molecule has 3 fully saturated rings. The molecule has 4 unspecified atom stereocenters. The van der Waals surface area contributed by atoms with Gasteiger partial charge in [0, 0.05) is 30.7 Å². The fourth-order valence-corrected chi connectivity index (χ4v) is 4.68. The number of fused-ring (bicyclic) bond motifs is 2. The lowest BCUT2D eigenvalue weighted by Crippen LogP contribution is -2.55. The van der Waals surface area contributed by atoms with Crippen molar-refractivity contribution in [2.24, 2.45) is 10.9 Å². The zero-order valence-electron chi connectivity index (χ0n) is 18.2. The summed E-state index contributed by atoms with van der Waals surface area (Å²) < 4.78 is 5.64. The van der Waals surface area contributed by atoms with Crippen LogP contribution >= 0.6 is 24.0 Å². The van der Waals surface area contributed by atoms with E-state index >= 15 is 0 Å². The maximum atomic E-state index is 12.6. The molecule has 2 bridgehead atoms. The molecule has 2 heterocycles. The molecule has 2 saturated heterocycles. The first kappa shape index (κ1) is 23.5. The molecule has 0 aromatic heterocycles. The number of piperidine rings is 1. The van der Waals surface area contributed by atoms with Crippen molar-refractivity contribution in [2.75, 3.05) is 6.54 Å². The minimum Gasteiger partial charge on any atom is -0.444 e. The van der Waals surface area contributed by atoms with Crippen LogP contribution in [0.15, 0.2) is 4.99 Å². The number of hydrogen-bond donors (Lipinski definition) is 2. The second-order valence-corrected chi connectivity index (χ2v) is 9.44. The molecular formula is C21H39IN4O2. The topological polar surface area (TPSA) is 66.0 Å². The maximum absolute atomic E-state index is 12.6. The standard InChI is InChI=1S/C21H38N4O2.HI/c1-6-8-14-11-18(14)24-19(22-7-2)23-15-12-16-9-10-17(13-15)25(16)20(26)27-21(3,4)5;/h14-18H,6-13H2,1-5H3,(H2,22,23,24);1H. The number of nitrogens with one attached hydrogen (secondary N) is 2. The summed E-state index contributed by atoms with van der Waals surface area (Å²) in [7, 11) is 0. The van der Waals surface area contributed by atoms with E-state index in [1.54, 1.807) is 0 Å². The molecule has 6 nitrogen and oxygen atoms in total. The van der Waals surface area contributed by atoms with Gasteiger partial charge in [0.15, 0.2) is 5.96 Å². The normalized spacial score (nSPS) is 31.8.